The van der Waals surface area contributed by atoms with Gasteiger partial charge in [0.2, 0.25) is 0 Å². The summed E-state index contributed by atoms with van der Waals surface area (Å²) in [4.78, 5) is 0. The average Bonchev–Trinajstić information content (AvgIpc) is 2.34. The summed E-state index contributed by atoms with van der Waals surface area (Å²) in [5.41, 5.74) is 4.40. The molecule has 0 amide bonds. The molecule has 0 fully saturated rings. The van der Waals surface area contributed by atoms with E-state index >= 15 is 0 Å². The zero-order chi connectivity index (χ0) is 12.1. The van der Waals surface area contributed by atoms with E-state index in [0.29, 0.717) is 0 Å². The fraction of sp³-hybridized carbons (Fsp3) is 0.500. The van der Waals surface area contributed by atoms with Gasteiger partial charge < -0.3 is 0 Å². The number of fused-ring (bicyclic) bond motifs is 1. The number of unbranched alkanes of at least 4 members (excludes halogenated alkanes) is 3. The van der Waals surface area contributed by atoms with Gasteiger partial charge in [-0.05, 0) is 48.9 Å². The molecule has 1 aromatic rings. The molecule has 17 heavy (non-hydrogen) atoms. The van der Waals surface area contributed by atoms with Gasteiger partial charge in [0.1, 0.15) is 0 Å². The third-order valence-corrected chi connectivity index (χ3v) is 3.77. The SMILES string of the molecule is CCCCCCC1=Cc2cc(Cl)ccc2CC1. The Kier molecular flexibility index (Phi) is 4.67. The molecule has 2 rings (SSSR count). The highest BCUT2D eigenvalue weighted by Gasteiger charge is 2.10. The molecule has 0 aromatic heterocycles. The molecular weight excluding hydrogens is 228 g/mol. The maximum atomic E-state index is 6.04. The lowest BCUT2D eigenvalue weighted by Gasteiger charge is -2.16. The smallest absolute Gasteiger partial charge is 0.0412 e. The van der Waals surface area contributed by atoms with Crippen molar-refractivity contribution in [3.05, 3.63) is 39.9 Å². The second-order valence-corrected chi connectivity index (χ2v) is 5.39. The summed E-state index contributed by atoms with van der Waals surface area (Å²) in [5.74, 6) is 0. The molecule has 0 N–H and O–H groups in total. The molecule has 0 bridgehead atoms. The lowest BCUT2D eigenvalue weighted by Crippen LogP contribution is -1.99. The molecule has 0 saturated heterocycles. The molecule has 1 aliphatic carbocycles. The summed E-state index contributed by atoms with van der Waals surface area (Å²) in [7, 11) is 0. The van der Waals surface area contributed by atoms with Crippen molar-refractivity contribution in [3.63, 3.8) is 0 Å². The predicted molar refractivity (Wildman–Crippen MR) is 76.5 cm³/mol. The maximum absolute atomic E-state index is 6.04. The molecular formula is C16H21Cl. The van der Waals surface area contributed by atoms with E-state index in [2.05, 4.69) is 25.1 Å². The van der Waals surface area contributed by atoms with E-state index in [0.717, 1.165) is 5.02 Å². The summed E-state index contributed by atoms with van der Waals surface area (Å²) in [5, 5.41) is 0.854. The molecule has 1 heteroatoms. The average molecular weight is 249 g/mol. The van der Waals surface area contributed by atoms with Crippen LogP contribution in [0.2, 0.25) is 5.02 Å². The quantitative estimate of drug-likeness (QED) is 0.592. The summed E-state index contributed by atoms with van der Waals surface area (Å²) in [6.45, 7) is 2.26. The van der Waals surface area contributed by atoms with Gasteiger partial charge in [0.15, 0.2) is 0 Å². The zero-order valence-electron chi connectivity index (χ0n) is 10.6. The molecule has 0 saturated carbocycles. The summed E-state index contributed by atoms with van der Waals surface area (Å²) >= 11 is 6.04. The highest BCUT2D eigenvalue weighted by molar-refractivity contribution is 6.30. The number of hydrogen-bond donors (Lipinski definition) is 0. The van der Waals surface area contributed by atoms with Gasteiger partial charge in [0.05, 0.1) is 0 Å². The lowest BCUT2D eigenvalue weighted by atomic mass is 9.90. The van der Waals surface area contributed by atoms with Gasteiger partial charge in [-0.1, -0.05) is 55.5 Å². The Hall–Kier alpha value is -0.750. The molecule has 1 aromatic carbocycles. The Balaban J connectivity index is 1.97. The highest BCUT2D eigenvalue weighted by atomic mass is 35.5. The summed E-state index contributed by atoms with van der Waals surface area (Å²) in [6, 6.07) is 6.27. The number of benzene rings is 1. The largest absolute Gasteiger partial charge is 0.0843 e. The lowest BCUT2D eigenvalue weighted by molar-refractivity contribution is 0.654. The Labute approximate surface area is 110 Å². The van der Waals surface area contributed by atoms with Gasteiger partial charge in [0, 0.05) is 5.02 Å². The van der Waals surface area contributed by atoms with Crippen molar-refractivity contribution in [2.24, 2.45) is 0 Å². The van der Waals surface area contributed by atoms with Crippen molar-refractivity contribution in [3.8, 4) is 0 Å². The van der Waals surface area contributed by atoms with Crippen LogP contribution in [0.1, 0.15) is 56.6 Å². The highest BCUT2D eigenvalue weighted by Crippen LogP contribution is 2.28. The van der Waals surface area contributed by atoms with E-state index in [1.165, 1.54) is 56.1 Å². The van der Waals surface area contributed by atoms with Crippen molar-refractivity contribution in [2.45, 2.75) is 51.9 Å². The molecule has 0 aliphatic heterocycles. The third kappa shape index (κ3) is 3.61. The molecule has 0 nitrogen and oxygen atoms in total. The van der Waals surface area contributed by atoms with Crippen molar-refractivity contribution >= 4 is 17.7 Å². The normalized spacial score (nSPS) is 14.4. The zero-order valence-corrected chi connectivity index (χ0v) is 11.4. The van der Waals surface area contributed by atoms with Crippen molar-refractivity contribution in [1.82, 2.24) is 0 Å². The third-order valence-electron chi connectivity index (χ3n) is 3.53. The van der Waals surface area contributed by atoms with Crippen LogP contribution in [0.15, 0.2) is 23.8 Å². The van der Waals surface area contributed by atoms with E-state index in [9.17, 15) is 0 Å². The molecule has 0 radical (unpaired) electrons. The van der Waals surface area contributed by atoms with E-state index in [1.54, 1.807) is 5.57 Å². The van der Waals surface area contributed by atoms with Gasteiger partial charge in [-0.3, -0.25) is 0 Å². The van der Waals surface area contributed by atoms with E-state index < -0.39 is 0 Å². The van der Waals surface area contributed by atoms with Gasteiger partial charge >= 0.3 is 0 Å². The molecule has 0 heterocycles. The van der Waals surface area contributed by atoms with Crippen LogP contribution in [0, 0.1) is 0 Å². The molecule has 92 valence electrons. The number of aryl methyl sites for hydroxylation is 1. The first-order valence-corrected chi connectivity index (χ1v) is 7.15. The minimum Gasteiger partial charge on any atom is -0.0843 e. The van der Waals surface area contributed by atoms with Crippen molar-refractivity contribution in [2.75, 3.05) is 0 Å². The predicted octanol–water partition coefficient (Wildman–Crippen LogP) is 5.64. The Morgan fingerprint density at radius 1 is 1.12 bits per heavy atom. The van der Waals surface area contributed by atoms with Gasteiger partial charge in [-0.15, -0.1) is 0 Å². The molecule has 1 aliphatic rings. The molecule has 0 atom stereocenters. The maximum Gasteiger partial charge on any atom is 0.0412 e. The summed E-state index contributed by atoms with van der Waals surface area (Å²) < 4.78 is 0. The minimum atomic E-state index is 0.854. The molecule has 0 unspecified atom stereocenters. The van der Waals surface area contributed by atoms with E-state index in [1.807, 2.05) is 6.07 Å². The molecule has 0 spiro atoms. The van der Waals surface area contributed by atoms with Crippen LogP contribution in [0.4, 0.5) is 0 Å². The van der Waals surface area contributed by atoms with Gasteiger partial charge in [-0.25, -0.2) is 0 Å². The summed E-state index contributed by atoms with van der Waals surface area (Å²) in [6.07, 6.45) is 11.5. The second-order valence-electron chi connectivity index (χ2n) is 4.96. The Morgan fingerprint density at radius 3 is 2.82 bits per heavy atom. The van der Waals surface area contributed by atoms with Crippen LogP contribution in [-0.4, -0.2) is 0 Å². The number of allylic oxidation sites excluding steroid dienone is 1. The van der Waals surface area contributed by atoms with Crippen LogP contribution in [0.3, 0.4) is 0 Å². The second kappa shape index (κ2) is 6.26. The van der Waals surface area contributed by atoms with Crippen molar-refractivity contribution < 1.29 is 0 Å². The minimum absolute atomic E-state index is 0.854. The van der Waals surface area contributed by atoms with Crippen LogP contribution < -0.4 is 0 Å². The van der Waals surface area contributed by atoms with E-state index in [-0.39, 0.29) is 0 Å². The number of rotatable bonds is 5. The van der Waals surface area contributed by atoms with Crippen LogP contribution in [0.5, 0.6) is 0 Å². The van der Waals surface area contributed by atoms with Crippen LogP contribution >= 0.6 is 11.6 Å². The first-order chi connectivity index (χ1) is 8.29. The standard InChI is InChI=1S/C16H21Cl/c1-2-3-4-5-6-13-7-8-14-9-10-16(17)12-15(14)11-13/h9-12H,2-8H2,1H3. The van der Waals surface area contributed by atoms with Crippen LogP contribution in [-0.2, 0) is 6.42 Å². The topological polar surface area (TPSA) is 0 Å². The van der Waals surface area contributed by atoms with Crippen LogP contribution in [0.25, 0.3) is 6.08 Å². The number of hydrogen-bond acceptors (Lipinski definition) is 0. The Morgan fingerprint density at radius 2 is 2.00 bits per heavy atom. The monoisotopic (exact) mass is 248 g/mol. The fourth-order valence-electron chi connectivity index (χ4n) is 2.49. The van der Waals surface area contributed by atoms with Gasteiger partial charge in [-0.2, -0.15) is 0 Å². The Bertz CT molecular complexity index is 404. The fourth-order valence-corrected chi connectivity index (χ4v) is 2.67. The first kappa shape index (κ1) is 12.7. The van der Waals surface area contributed by atoms with Gasteiger partial charge in [0.25, 0.3) is 0 Å². The van der Waals surface area contributed by atoms with E-state index in [4.69, 9.17) is 11.6 Å². The van der Waals surface area contributed by atoms with Crippen molar-refractivity contribution in [1.29, 1.82) is 0 Å². The number of halogens is 1. The first-order valence-electron chi connectivity index (χ1n) is 6.77.